The third kappa shape index (κ3) is 6.58. The van der Waals surface area contributed by atoms with Gasteiger partial charge in [0.05, 0.1) is 5.69 Å². The highest BCUT2D eigenvalue weighted by molar-refractivity contribution is 7.80. The van der Waals surface area contributed by atoms with E-state index in [1.807, 2.05) is 49.4 Å². The lowest BCUT2D eigenvalue weighted by atomic mass is 10.1. The first kappa shape index (κ1) is 28.8. The molecule has 4 aromatic carbocycles. The quantitative estimate of drug-likeness (QED) is 0.191. The van der Waals surface area contributed by atoms with E-state index in [-0.39, 0.29) is 11.0 Å². The first-order chi connectivity index (χ1) is 20.3. The van der Waals surface area contributed by atoms with Gasteiger partial charge >= 0.3 is 0 Å². The number of fused-ring (bicyclic) bond motifs is 1. The van der Waals surface area contributed by atoms with Crippen LogP contribution in [0.5, 0.6) is 5.75 Å². The molecule has 1 aromatic heterocycles. The summed E-state index contributed by atoms with van der Waals surface area (Å²) in [5, 5.41) is 15.5. The summed E-state index contributed by atoms with van der Waals surface area (Å²) in [6.45, 7) is 10.7. The van der Waals surface area contributed by atoms with E-state index in [9.17, 15) is 4.79 Å². The van der Waals surface area contributed by atoms with Crippen molar-refractivity contribution in [2.45, 2.75) is 34.3 Å². The van der Waals surface area contributed by atoms with Gasteiger partial charge in [0, 0.05) is 30.0 Å². The summed E-state index contributed by atoms with van der Waals surface area (Å²) in [6, 6.07) is 27.1. The molecule has 0 aliphatic carbocycles. The fourth-order valence-corrected chi connectivity index (χ4v) is 4.93. The number of aromatic nitrogens is 3. The smallest absolute Gasteiger partial charge is 0.257 e. The fraction of sp³-hybridized carbons (Fsp3) is 0.212. The molecule has 42 heavy (non-hydrogen) atoms. The molecule has 0 unspecified atom stereocenters. The number of rotatable bonds is 9. The number of thiocarbonyl (C=S) groups is 1. The molecular formula is C33H34N6O2S. The lowest BCUT2D eigenvalue weighted by Gasteiger charge is -2.22. The minimum Gasteiger partial charge on any atom is -0.489 e. The second kappa shape index (κ2) is 12.8. The predicted octanol–water partition coefficient (Wildman–Crippen LogP) is 6.59. The first-order valence-electron chi connectivity index (χ1n) is 14.0. The van der Waals surface area contributed by atoms with Gasteiger partial charge in [0.2, 0.25) is 0 Å². The predicted molar refractivity (Wildman–Crippen MR) is 173 cm³/mol. The van der Waals surface area contributed by atoms with Crippen LogP contribution in [0.1, 0.15) is 40.9 Å². The summed E-state index contributed by atoms with van der Waals surface area (Å²) in [4.78, 5) is 16.8. The van der Waals surface area contributed by atoms with Crippen LogP contribution in [0.3, 0.4) is 0 Å². The molecule has 0 spiro atoms. The number of hydrogen-bond acceptors (Lipinski definition) is 6. The maximum Gasteiger partial charge on any atom is 0.257 e. The Balaban J connectivity index is 1.23. The molecule has 9 heteroatoms. The largest absolute Gasteiger partial charge is 0.489 e. The summed E-state index contributed by atoms with van der Waals surface area (Å²) in [7, 11) is 0. The minimum absolute atomic E-state index is 0.196. The van der Waals surface area contributed by atoms with Crippen LogP contribution in [0.15, 0.2) is 84.9 Å². The van der Waals surface area contributed by atoms with Crippen LogP contribution in [-0.2, 0) is 6.61 Å². The van der Waals surface area contributed by atoms with Crippen LogP contribution in [0, 0.1) is 13.8 Å². The Bertz CT molecular complexity index is 1710. The molecular weight excluding hydrogens is 544 g/mol. The molecule has 8 nitrogen and oxygen atoms in total. The van der Waals surface area contributed by atoms with E-state index in [0.717, 1.165) is 52.2 Å². The third-order valence-corrected chi connectivity index (χ3v) is 7.30. The zero-order valence-corrected chi connectivity index (χ0v) is 25.0. The van der Waals surface area contributed by atoms with Gasteiger partial charge < -0.3 is 15.0 Å². The summed E-state index contributed by atoms with van der Waals surface area (Å²) in [5.41, 5.74) is 7.92. The zero-order valence-electron chi connectivity index (χ0n) is 24.2. The highest BCUT2D eigenvalue weighted by Gasteiger charge is 2.14. The fourth-order valence-electron chi connectivity index (χ4n) is 4.73. The Morgan fingerprint density at radius 1 is 0.881 bits per heavy atom. The molecule has 0 fully saturated rings. The first-order valence-corrected chi connectivity index (χ1v) is 14.4. The molecule has 0 atom stereocenters. The summed E-state index contributed by atoms with van der Waals surface area (Å²) < 4.78 is 5.81. The van der Waals surface area contributed by atoms with Gasteiger partial charge in [-0.1, -0.05) is 30.3 Å². The van der Waals surface area contributed by atoms with Gasteiger partial charge in [0.15, 0.2) is 5.11 Å². The zero-order chi connectivity index (χ0) is 29.6. The van der Waals surface area contributed by atoms with E-state index in [1.165, 1.54) is 5.69 Å². The van der Waals surface area contributed by atoms with Crippen molar-refractivity contribution < 1.29 is 9.53 Å². The SMILES string of the molecule is CCN(CC)c1ccc(-n2nc3cc(C)c(NC(=S)NC(=O)c4ccc(OCc5ccccc5)cc4)cc3n2)c(C)c1. The standard InChI is InChI=1S/C33H34N6O2S/c1-5-38(6-2)26-14-17-31(23(4)18-26)39-36-29-19-22(3)28(20-30(29)37-39)34-33(42)35-32(40)25-12-15-27(16-13-25)41-21-24-10-8-7-9-11-24/h7-20H,5-6,21H2,1-4H3,(H2,34,35,40,42). The molecule has 2 N–H and O–H groups in total. The van der Waals surface area contributed by atoms with E-state index in [1.54, 1.807) is 29.1 Å². The number of benzene rings is 4. The second-order valence-corrected chi connectivity index (χ2v) is 10.4. The van der Waals surface area contributed by atoms with Crippen LogP contribution < -0.4 is 20.3 Å². The van der Waals surface area contributed by atoms with Crippen molar-refractivity contribution in [1.82, 2.24) is 20.3 Å². The molecule has 214 valence electrons. The van der Waals surface area contributed by atoms with Gasteiger partial charge in [-0.05, 0) is 111 Å². The Labute approximate surface area is 251 Å². The number of carbonyl (C=O) groups excluding carboxylic acids is 1. The highest BCUT2D eigenvalue weighted by atomic mass is 32.1. The van der Waals surface area contributed by atoms with Crippen LogP contribution in [0.25, 0.3) is 16.7 Å². The number of aryl methyl sites for hydroxylation is 2. The van der Waals surface area contributed by atoms with E-state index in [0.29, 0.717) is 17.9 Å². The van der Waals surface area contributed by atoms with Crippen LogP contribution in [0.2, 0.25) is 0 Å². The van der Waals surface area contributed by atoms with E-state index < -0.39 is 0 Å². The second-order valence-electron chi connectivity index (χ2n) is 10.00. The summed E-state index contributed by atoms with van der Waals surface area (Å²) >= 11 is 5.46. The van der Waals surface area contributed by atoms with Gasteiger partial charge in [-0.2, -0.15) is 4.80 Å². The number of ether oxygens (including phenoxy) is 1. The maximum absolute atomic E-state index is 12.8. The van der Waals surface area contributed by atoms with Crippen molar-refractivity contribution >= 4 is 45.6 Å². The van der Waals surface area contributed by atoms with Gasteiger partial charge in [-0.25, -0.2) is 0 Å². The van der Waals surface area contributed by atoms with Crippen molar-refractivity contribution in [3.8, 4) is 11.4 Å². The molecule has 0 aliphatic heterocycles. The van der Waals surface area contributed by atoms with Gasteiger partial charge in [0.25, 0.3) is 5.91 Å². The van der Waals surface area contributed by atoms with Crippen LogP contribution in [-0.4, -0.2) is 39.1 Å². The summed E-state index contributed by atoms with van der Waals surface area (Å²) in [6.07, 6.45) is 0. The number of nitrogens with one attached hydrogen (secondary N) is 2. The van der Waals surface area contributed by atoms with Crippen molar-refractivity contribution in [2.75, 3.05) is 23.3 Å². The normalized spacial score (nSPS) is 10.9. The van der Waals surface area contributed by atoms with E-state index >= 15 is 0 Å². The topological polar surface area (TPSA) is 84.3 Å². The molecule has 0 saturated heterocycles. The molecule has 0 bridgehead atoms. The molecule has 1 heterocycles. The average molecular weight is 579 g/mol. The Morgan fingerprint density at radius 3 is 2.24 bits per heavy atom. The Kier molecular flexibility index (Phi) is 8.78. The van der Waals surface area contributed by atoms with Gasteiger partial charge in [0.1, 0.15) is 23.4 Å². The lowest BCUT2D eigenvalue weighted by molar-refractivity contribution is 0.0977. The number of anilines is 2. The number of hydrogen-bond donors (Lipinski definition) is 2. The summed E-state index contributed by atoms with van der Waals surface area (Å²) in [5.74, 6) is 0.374. The highest BCUT2D eigenvalue weighted by Crippen LogP contribution is 2.25. The molecule has 0 saturated carbocycles. The lowest BCUT2D eigenvalue weighted by Crippen LogP contribution is -2.34. The van der Waals surface area contributed by atoms with Crippen molar-refractivity contribution in [3.63, 3.8) is 0 Å². The third-order valence-electron chi connectivity index (χ3n) is 7.09. The Hall–Kier alpha value is -4.76. The minimum atomic E-state index is -0.310. The molecule has 0 aliphatic rings. The van der Waals surface area contributed by atoms with Crippen LogP contribution >= 0.6 is 12.2 Å². The average Bonchev–Trinajstić information content (AvgIpc) is 3.40. The van der Waals surface area contributed by atoms with Crippen molar-refractivity contribution in [3.05, 3.63) is 107 Å². The van der Waals surface area contributed by atoms with E-state index in [4.69, 9.17) is 27.2 Å². The Morgan fingerprint density at radius 2 is 1.57 bits per heavy atom. The van der Waals surface area contributed by atoms with Gasteiger partial charge in [-0.3, -0.25) is 10.1 Å². The molecule has 5 rings (SSSR count). The molecule has 5 aromatic rings. The maximum atomic E-state index is 12.8. The van der Waals surface area contributed by atoms with Crippen LogP contribution in [0.4, 0.5) is 11.4 Å². The number of nitrogens with zero attached hydrogens (tertiary/aromatic N) is 4. The monoisotopic (exact) mass is 578 g/mol. The van der Waals surface area contributed by atoms with Gasteiger partial charge in [-0.15, -0.1) is 10.2 Å². The molecule has 0 radical (unpaired) electrons. The van der Waals surface area contributed by atoms with Crippen molar-refractivity contribution in [2.24, 2.45) is 0 Å². The van der Waals surface area contributed by atoms with Crippen molar-refractivity contribution in [1.29, 1.82) is 0 Å². The number of carbonyl (C=O) groups is 1. The molecule has 1 amide bonds. The number of amides is 1. The van der Waals surface area contributed by atoms with E-state index in [2.05, 4.69) is 54.5 Å².